The van der Waals surface area contributed by atoms with E-state index >= 15 is 0 Å². The van der Waals surface area contributed by atoms with Crippen molar-refractivity contribution in [2.75, 3.05) is 0 Å². The summed E-state index contributed by atoms with van der Waals surface area (Å²) in [7, 11) is 0. The summed E-state index contributed by atoms with van der Waals surface area (Å²) in [4.78, 5) is 0. The van der Waals surface area contributed by atoms with Crippen LogP contribution in [0.5, 0.6) is 0 Å². The standard InChI is InChI=1S/C10H14/c1-2-3-9-6-8-4-5-10(9)7-8/h2-4,9-10H,5-7H2,1H3. The van der Waals surface area contributed by atoms with E-state index in [0.29, 0.717) is 0 Å². The van der Waals surface area contributed by atoms with Gasteiger partial charge in [0.25, 0.3) is 0 Å². The van der Waals surface area contributed by atoms with Gasteiger partial charge in [-0.3, -0.25) is 0 Å². The highest BCUT2D eigenvalue weighted by molar-refractivity contribution is 5.21. The highest BCUT2D eigenvalue weighted by atomic mass is 14.4. The van der Waals surface area contributed by atoms with Crippen LogP contribution in [0.3, 0.4) is 0 Å². The van der Waals surface area contributed by atoms with E-state index in [-0.39, 0.29) is 0 Å². The zero-order valence-corrected chi connectivity index (χ0v) is 6.51. The molecular formula is C10H14. The molecule has 2 aliphatic carbocycles. The van der Waals surface area contributed by atoms with Gasteiger partial charge < -0.3 is 0 Å². The molecule has 2 aliphatic rings. The first-order chi connectivity index (χ1) is 4.90. The Hall–Kier alpha value is -0.520. The predicted octanol–water partition coefficient (Wildman–Crippen LogP) is 2.92. The smallest absolute Gasteiger partial charge is 0.0162 e. The monoisotopic (exact) mass is 134 g/mol. The van der Waals surface area contributed by atoms with Gasteiger partial charge in [-0.1, -0.05) is 23.8 Å². The van der Waals surface area contributed by atoms with Crippen LogP contribution in [0.4, 0.5) is 0 Å². The minimum Gasteiger partial charge on any atom is -0.0914 e. The first-order valence-electron chi connectivity index (χ1n) is 4.21. The van der Waals surface area contributed by atoms with Gasteiger partial charge in [0.2, 0.25) is 0 Å². The molecule has 54 valence electrons. The summed E-state index contributed by atoms with van der Waals surface area (Å²) in [6.45, 7) is 2.13. The van der Waals surface area contributed by atoms with E-state index in [1.54, 1.807) is 5.57 Å². The molecular weight excluding hydrogens is 120 g/mol. The van der Waals surface area contributed by atoms with Crippen molar-refractivity contribution in [3.05, 3.63) is 23.8 Å². The maximum Gasteiger partial charge on any atom is -0.0162 e. The molecule has 0 aliphatic heterocycles. The highest BCUT2D eigenvalue weighted by Gasteiger charge is 2.31. The Morgan fingerprint density at radius 2 is 2.40 bits per heavy atom. The molecule has 2 rings (SSSR count). The second-order valence-corrected chi connectivity index (χ2v) is 3.46. The second kappa shape index (κ2) is 2.26. The fourth-order valence-corrected chi connectivity index (χ4v) is 2.26. The maximum absolute atomic E-state index is 2.44. The predicted molar refractivity (Wildman–Crippen MR) is 43.7 cm³/mol. The zero-order chi connectivity index (χ0) is 6.97. The third kappa shape index (κ3) is 0.828. The minimum absolute atomic E-state index is 0.894. The van der Waals surface area contributed by atoms with Crippen LogP contribution in [0.25, 0.3) is 0 Å². The molecule has 0 aromatic carbocycles. The number of hydrogen-bond donors (Lipinski definition) is 0. The van der Waals surface area contributed by atoms with Crippen molar-refractivity contribution >= 4 is 0 Å². The fourth-order valence-electron chi connectivity index (χ4n) is 2.26. The summed E-state index contributed by atoms with van der Waals surface area (Å²) in [5, 5.41) is 0. The summed E-state index contributed by atoms with van der Waals surface area (Å²) in [5.74, 6) is 1.87. The van der Waals surface area contributed by atoms with Crippen molar-refractivity contribution in [3.63, 3.8) is 0 Å². The van der Waals surface area contributed by atoms with Crippen molar-refractivity contribution in [2.45, 2.75) is 26.2 Å². The zero-order valence-electron chi connectivity index (χ0n) is 6.51. The van der Waals surface area contributed by atoms with E-state index in [1.165, 1.54) is 19.3 Å². The van der Waals surface area contributed by atoms with E-state index in [4.69, 9.17) is 0 Å². The molecule has 0 heterocycles. The summed E-state index contributed by atoms with van der Waals surface area (Å²) >= 11 is 0. The molecule has 2 bridgehead atoms. The quantitative estimate of drug-likeness (QED) is 0.484. The molecule has 0 saturated heterocycles. The number of fused-ring (bicyclic) bond motifs is 2. The van der Waals surface area contributed by atoms with Gasteiger partial charge in [0.1, 0.15) is 0 Å². The van der Waals surface area contributed by atoms with Crippen molar-refractivity contribution in [2.24, 2.45) is 11.8 Å². The van der Waals surface area contributed by atoms with Gasteiger partial charge in [-0.2, -0.15) is 0 Å². The van der Waals surface area contributed by atoms with Crippen LogP contribution in [0.15, 0.2) is 23.8 Å². The Labute approximate surface area is 62.6 Å². The molecule has 10 heavy (non-hydrogen) atoms. The maximum atomic E-state index is 2.44. The molecule has 2 atom stereocenters. The summed E-state index contributed by atoms with van der Waals surface area (Å²) in [6, 6.07) is 0. The number of allylic oxidation sites excluding steroid dienone is 4. The lowest BCUT2D eigenvalue weighted by Crippen LogP contribution is -2.03. The lowest BCUT2D eigenvalue weighted by atomic mass is 9.92. The van der Waals surface area contributed by atoms with E-state index in [1.807, 2.05) is 0 Å². The minimum atomic E-state index is 0.894. The molecule has 1 fully saturated rings. The van der Waals surface area contributed by atoms with E-state index < -0.39 is 0 Å². The van der Waals surface area contributed by atoms with Crippen LogP contribution in [0.2, 0.25) is 0 Å². The van der Waals surface area contributed by atoms with Crippen LogP contribution >= 0.6 is 0 Å². The lowest BCUT2D eigenvalue weighted by Gasteiger charge is -2.13. The highest BCUT2D eigenvalue weighted by Crippen LogP contribution is 2.44. The fraction of sp³-hybridized carbons (Fsp3) is 0.600. The summed E-state index contributed by atoms with van der Waals surface area (Å²) < 4.78 is 0. The molecule has 0 spiro atoms. The molecule has 0 aromatic rings. The Morgan fingerprint density at radius 1 is 1.50 bits per heavy atom. The molecule has 0 N–H and O–H groups in total. The first-order valence-corrected chi connectivity index (χ1v) is 4.21. The average Bonchev–Trinajstić information content (AvgIpc) is 2.48. The third-order valence-electron chi connectivity index (χ3n) is 2.78. The van der Waals surface area contributed by atoms with Crippen molar-refractivity contribution < 1.29 is 0 Å². The van der Waals surface area contributed by atoms with Gasteiger partial charge in [-0.05, 0) is 38.0 Å². The van der Waals surface area contributed by atoms with Crippen LogP contribution in [-0.4, -0.2) is 0 Å². The molecule has 1 saturated carbocycles. The van der Waals surface area contributed by atoms with Gasteiger partial charge in [-0.15, -0.1) is 0 Å². The van der Waals surface area contributed by atoms with Gasteiger partial charge >= 0.3 is 0 Å². The Morgan fingerprint density at radius 3 is 2.90 bits per heavy atom. The Bertz CT molecular complexity index is 186. The number of rotatable bonds is 1. The Kier molecular flexibility index (Phi) is 1.40. The number of hydrogen-bond acceptors (Lipinski definition) is 0. The Balaban J connectivity index is 2.10. The van der Waals surface area contributed by atoms with Crippen LogP contribution in [-0.2, 0) is 0 Å². The van der Waals surface area contributed by atoms with Gasteiger partial charge in [-0.25, -0.2) is 0 Å². The molecule has 0 nitrogen and oxygen atoms in total. The summed E-state index contributed by atoms with van der Waals surface area (Å²) in [5.41, 5.74) is 1.72. The van der Waals surface area contributed by atoms with Crippen LogP contribution in [0.1, 0.15) is 26.2 Å². The molecule has 0 amide bonds. The molecule has 0 aromatic heterocycles. The van der Waals surface area contributed by atoms with Crippen molar-refractivity contribution in [1.82, 2.24) is 0 Å². The van der Waals surface area contributed by atoms with Gasteiger partial charge in [0.05, 0.1) is 0 Å². The molecule has 0 radical (unpaired) electrons. The van der Waals surface area contributed by atoms with E-state index in [0.717, 1.165) is 11.8 Å². The average molecular weight is 134 g/mol. The normalized spacial score (nSPS) is 37.5. The summed E-state index contributed by atoms with van der Waals surface area (Å²) in [6.07, 6.45) is 11.1. The topological polar surface area (TPSA) is 0 Å². The van der Waals surface area contributed by atoms with Crippen molar-refractivity contribution in [3.8, 4) is 0 Å². The van der Waals surface area contributed by atoms with E-state index in [2.05, 4.69) is 25.2 Å². The molecule has 0 heteroatoms. The van der Waals surface area contributed by atoms with Crippen LogP contribution in [0, 0.1) is 11.8 Å². The second-order valence-electron chi connectivity index (χ2n) is 3.46. The molecule has 2 unspecified atom stereocenters. The SMILES string of the molecule is CC=CC1CC2=CCC1C2. The van der Waals surface area contributed by atoms with Gasteiger partial charge in [0.15, 0.2) is 0 Å². The largest absolute Gasteiger partial charge is 0.0914 e. The first kappa shape index (κ1) is 6.21. The van der Waals surface area contributed by atoms with E-state index in [9.17, 15) is 0 Å². The lowest BCUT2D eigenvalue weighted by molar-refractivity contribution is 0.466. The third-order valence-corrected chi connectivity index (χ3v) is 2.78. The van der Waals surface area contributed by atoms with Crippen molar-refractivity contribution in [1.29, 1.82) is 0 Å². The van der Waals surface area contributed by atoms with Crippen LogP contribution < -0.4 is 0 Å². The van der Waals surface area contributed by atoms with Gasteiger partial charge in [0, 0.05) is 0 Å².